The van der Waals surface area contributed by atoms with Crippen LogP contribution in [0.3, 0.4) is 0 Å². The minimum Gasteiger partial charge on any atom is -0.456 e. The molecule has 0 saturated heterocycles. The Balaban J connectivity index is 1.92. The van der Waals surface area contributed by atoms with Gasteiger partial charge in [0.1, 0.15) is 33.4 Å². The van der Waals surface area contributed by atoms with Gasteiger partial charge in [-0.05, 0) is 25.2 Å². The first-order valence-corrected chi connectivity index (χ1v) is 12.7. The fourth-order valence-electron chi connectivity index (χ4n) is 3.08. The van der Waals surface area contributed by atoms with Gasteiger partial charge in [0.25, 0.3) is 0 Å². The van der Waals surface area contributed by atoms with E-state index in [9.17, 15) is 19.2 Å². The highest BCUT2D eigenvalue weighted by atomic mass is 32.2. The topological polar surface area (TPSA) is 153 Å². The molecule has 0 aromatic carbocycles. The van der Waals surface area contributed by atoms with Crippen LogP contribution in [0.1, 0.15) is 36.9 Å². The summed E-state index contributed by atoms with van der Waals surface area (Å²) in [5, 5.41) is 8.43. The number of thioether (sulfide) groups is 1. The van der Waals surface area contributed by atoms with Crippen molar-refractivity contribution in [3.63, 3.8) is 0 Å². The number of allylic oxidation sites excluding steroid dienone is 1. The molecule has 4 N–H and O–H groups in total. The van der Waals surface area contributed by atoms with E-state index in [-0.39, 0.29) is 18.9 Å². The minimum atomic E-state index is -1.31. The van der Waals surface area contributed by atoms with Crippen LogP contribution in [0.4, 0.5) is 0 Å². The van der Waals surface area contributed by atoms with E-state index in [0.29, 0.717) is 33.7 Å². The maximum Gasteiger partial charge on any atom is 0.329 e. The molecule has 1 aromatic heterocycles. The number of fused-ring (bicyclic) bond motifs is 4. The van der Waals surface area contributed by atoms with E-state index in [1.807, 2.05) is 5.38 Å². The van der Waals surface area contributed by atoms with Crippen molar-refractivity contribution < 1.29 is 23.9 Å². The average molecular weight is 512 g/mol. The van der Waals surface area contributed by atoms with Gasteiger partial charge in [-0.1, -0.05) is 6.08 Å². The Hall–Kier alpha value is -2.38. The van der Waals surface area contributed by atoms with Crippen molar-refractivity contribution in [2.75, 3.05) is 11.5 Å². The molecule has 2 aliphatic rings. The van der Waals surface area contributed by atoms with Gasteiger partial charge in [0.2, 0.25) is 17.7 Å². The summed E-state index contributed by atoms with van der Waals surface area (Å²) in [6, 6.07) is -1.31. The van der Waals surface area contributed by atoms with Gasteiger partial charge in [0.15, 0.2) is 0 Å². The van der Waals surface area contributed by atoms with Gasteiger partial charge >= 0.3 is 5.97 Å². The summed E-state index contributed by atoms with van der Waals surface area (Å²) in [5.41, 5.74) is 4.76. The molecule has 4 bridgehead atoms. The number of hydrogen-bond acceptors (Lipinski definition) is 10. The highest BCUT2D eigenvalue weighted by Gasteiger charge is 2.41. The van der Waals surface area contributed by atoms with E-state index < -0.39 is 41.9 Å². The third kappa shape index (κ3) is 6.81. The number of esters is 1. The van der Waals surface area contributed by atoms with Crippen LogP contribution in [0.2, 0.25) is 0 Å². The second-order valence-corrected chi connectivity index (χ2v) is 10.1. The Morgan fingerprint density at radius 3 is 2.94 bits per heavy atom. The molecule has 3 amide bonds. The van der Waals surface area contributed by atoms with Gasteiger partial charge in [-0.3, -0.25) is 19.4 Å². The zero-order chi connectivity index (χ0) is 24.0. The summed E-state index contributed by atoms with van der Waals surface area (Å²) in [6.45, 7) is 1.86. The number of amides is 3. The highest BCUT2D eigenvalue weighted by molar-refractivity contribution is 8.14. The molecule has 3 atom stereocenters. The SMILES string of the molecule is C[C@@]12CSC(=N1)c1csc(n1)CNC(=O)C[C@@H](/C=C/CCS)OC(=O)[C@H](CC(N)=O)NC2=O. The summed E-state index contributed by atoms with van der Waals surface area (Å²) in [6.07, 6.45) is 2.47. The van der Waals surface area contributed by atoms with Crippen LogP contribution in [0.25, 0.3) is 0 Å². The molecule has 0 fully saturated rings. The summed E-state index contributed by atoms with van der Waals surface area (Å²) in [7, 11) is 0. The number of carbonyl (C=O) groups is 4. The van der Waals surface area contributed by atoms with Crippen molar-refractivity contribution in [2.24, 2.45) is 10.7 Å². The maximum atomic E-state index is 13.0. The molecule has 0 unspecified atom stereocenters. The van der Waals surface area contributed by atoms with Crippen molar-refractivity contribution in [2.45, 2.75) is 50.4 Å². The van der Waals surface area contributed by atoms with E-state index in [4.69, 9.17) is 10.5 Å². The Morgan fingerprint density at radius 2 is 2.21 bits per heavy atom. The third-order valence-electron chi connectivity index (χ3n) is 4.83. The monoisotopic (exact) mass is 511 g/mol. The molecule has 33 heavy (non-hydrogen) atoms. The number of hydrogen-bond donors (Lipinski definition) is 4. The van der Waals surface area contributed by atoms with Crippen LogP contribution in [-0.4, -0.2) is 62.9 Å². The number of nitrogens with two attached hydrogens (primary N) is 1. The summed E-state index contributed by atoms with van der Waals surface area (Å²) < 4.78 is 5.48. The third-order valence-corrected chi connectivity index (χ3v) is 7.22. The Kier molecular flexibility index (Phi) is 8.54. The van der Waals surface area contributed by atoms with Gasteiger partial charge in [-0.2, -0.15) is 12.6 Å². The number of nitrogens with zero attached hydrogens (tertiary/aromatic N) is 2. The van der Waals surface area contributed by atoms with E-state index in [1.54, 1.807) is 19.1 Å². The molecular formula is C20H25N5O5S3. The number of rotatable bonds is 5. The molecule has 0 saturated carbocycles. The zero-order valence-electron chi connectivity index (χ0n) is 17.9. The lowest BCUT2D eigenvalue weighted by Crippen LogP contribution is -2.52. The Morgan fingerprint density at radius 1 is 1.42 bits per heavy atom. The van der Waals surface area contributed by atoms with Gasteiger partial charge < -0.3 is 21.1 Å². The van der Waals surface area contributed by atoms with Crippen molar-refractivity contribution >= 4 is 64.5 Å². The molecule has 3 rings (SSSR count). The van der Waals surface area contributed by atoms with Crippen LogP contribution in [-0.2, 0) is 30.5 Å². The van der Waals surface area contributed by atoms with E-state index in [0.717, 1.165) is 0 Å². The van der Waals surface area contributed by atoms with Gasteiger partial charge in [0, 0.05) is 11.1 Å². The lowest BCUT2D eigenvalue weighted by Gasteiger charge is -2.24. The van der Waals surface area contributed by atoms with Crippen LogP contribution < -0.4 is 16.4 Å². The molecule has 13 heteroatoms. The van der Waals surface area contributed by atoms with Crippen LogP contribution in [0.15, 0.2) is 22.5 Å². The lowest BCUT2D eigenvalue weighted by molar-refractivity contribution is -0.153. The predicted molar refractivity (Wildman–Crippen MR) is 129 cm³/mol. The van der Waals surface area contributed by atoms with Crippen molar-refractivity contribution in [3.8, 4) is 0 Å². The number of ether oxygens (including phenoxy) is 1. The molecule has 1 aromatic rings. The molecule has 178 valence electrons. The number of carbonyl (C=O) groups excluding carboxylic acids is 4. The van der Waals surface area contributed by atoms with E-state index >= 15 is 0 Å². The smallest absolute Gasteiger partial charge is 0.329 e. The first-order chi connectivity index (χ1) is 15.7. The van der Waals surface area contributed by atoms with Crippen LogP contribution >= 0.6 is 35.7 Å². The Labute approximate surface area is 204 Å². The standard InChI is InChI=1S/C20H25N5O5S3/c1-20-10-33-17(25-20)13-9-32-16(23-13)8-22-15(27)6-11(4-2-3-5-31)30-18(28)12(7-14(21)26)24-19(20)29/h2,4,9,11-12,31H,3,5-8,10H2,1H3,(H2,21,26)(H,22,27)(H,24,29)/b4-2+/t11-,12+,20+/m1/s1. The van der Waals surface area contributed by atoms with Crippen LogP contribution in [0.5, 0.6) is 0 Å². The molecule has 2 aliphatic heterocycles. The zero-order valence-corrected chi connectivity index (χ0v) is 20.4. The van der Waals surface area contributed by atoms with Gasteiger partial charge in [-0.25, -0.2) is 9.78 Å². The quantitative estimate of drug-likeness (QED) is 0.256. The fraction of sp³-hybridized carbons (Fsp3) is 0.500. The number of cyclic esters (lactones) is 1. The number of primary amides is 1. The number of aliphatic imine (C=N–C) groups is 1. The second kappa shape index (κ2) is 11.2. The van der Waals surface area contributed by atoms with Gasteiger partial charge in [-0.15, -0.1) is 23.1 Å². The molecule has 3 heterocycles. The largest absolute Gasteiger partial charge is 0.456 e. The van der Waals surface area contributed by atoms with Crippen molar-refractivity contribution in [1.29, 1.82) is 0 Å². The second-order valence-electron chi connectivity index (χ2n) is 7.70. The molecule has 10 nitrogen and oxygen atoms in total. The van der Waals surface area contributed by atoms with Crippen molar-refractivity contribution in [3.05, 3.63) is 28.2 Å². The Bertz CT molecular complexity index is 994. The molecular weight excluding hydrogens is 486 g/mol. The summed E-state index contributed by atoms with van der Waals surface area (Å²) in [5.74, 6) is -1.60. The number of nitrogens with one attached hydrogen (secondary N) is 2. The number of thiol groups is 1. The first-order valence-electron chi connectivity index (χ1n) is 10.2. The van der Waals surface area contributed by atoms with E-state index in [1.165, 1.54) is 23.1 Å². The normalized spacial score (nSPS) is 26.5. The summed E-state index contributed by atoms with van der Waals surface area (Å²) in [4.78, 5) is 59.0. The van der Waals surface area contributed by atoms with E-state index in [2.05, 4.69) is 33.2 Å². The van der Waals surface area contributed by atoms with Crippen LogP contribution in [0, 0.1) is 0 Å². The first kappa shape index (κ1) is 25.2. The molecule has 0 aliphatic carbocycles. The minimum absolute atomic E-state index is 0.134. The lowest BCUT2D eigenvalue weighted by atomic mass is 10.0. The predicted octanol–water partition coefficient (Wildman–Crippen LogP) is 0.563. The maximum absolute atomic E-state index is 13.0. The number of thiazole rings is 1. The van der Waals surface area contributed by atoms with Gasteiger partial charge in [0.05, 0.1) is 19.4 Å². The average Bonchev–Trinajstić information content (AvgIpc) is 3.38. The fourth-order valence-corrected chi connectivity index (χ4v) is 5.15. The highest BCUT2D eigenvalue weighted by Crippen LogP contribution is 2.32. The molecule has 0 spiro atoms. The molecule has 0 radical (unpaired) electrons. The number of aromatic nitrogens is 1. The van der Waals surface area contributed by atoms with Crippen molar-refractivity contribution in [1.82, 2.24) is 15.6 Å². The summed E-state index contributed by atoms with van der Waals surface area (Å²) >= 11 is 6.88.